The molecule has 0 amide bonds. The summed E-state index contributed by atoms with van der Waals surface area (Å²) in [5, 5.41) is 12.2. The number of carbonyl (C=O) groups is 1. The van der Waals surface area contributed by atoms with E-state index in [1.807, 2.05) is 38.1 Å². The minimum atomic E-state index is -1.06. The fourth-order valence-corrected chi connectivity index (χ4v) is 1.89. The number of aromatic nitrogens is 1. The molecule has 0 aliphatic heterocycles. The summed E-state index contributed by atoms with van der Waals surface area (Å²) in [7, 11) is 0. The van der Waals surface area contributed by atoms with Crippen LogP contribution in [0.4, 0.5) is 11.5 Å². The van der Waals surface area contributed by atoms with Crippen LogP contribution in [0, 0.1) is 6.92 Å². The quantitative estimate of drug-likeness (QED) is 0.795. The minimum absolute atomic E-state index is 0.0216. The predicted molar refractivity (Wildman–Crippen MR) is 78.8 cm³/mol. The number of benzene rings is 1. The highest BCUT2D eigenvalue weighted by Gasteiger charge is 2.11. The van der Waals surface area contributed by atoms with E-state index in [9.17, 15) is 4.79 Å². The molecule has 2 rings (SSSR count). The number of aromatic carboxylic acids is 1. The predicted octanol–water partition coefficient (Wildman–Crippen LogP) is 2.84. The number of carboxylic acids is 1. The van der Waals surface area contributed by atoms with Gasteiger partial charge < -0.3 is 16.2 Å². The Hall–Kier alpha value is -2.56. The van der Waals surface area contributed by atoms with Gasteiger partial charge >= 0.3 is 5.97 Å². The summed E-state index contributed by atoms with van der Waals surface area (Å²) in [6, 6.07) is 9.60. The Morgan fingerprint density at radius 3 is 2.60 bits per heavy atom. The van der Waals surface area contributed by atoms with Gasteiger partial charge in [0, 0.05) is 6.04 Å². The molecule has 1 atom stereocenters. The molecule has 0 saturated carbocycles. The van der Waals surface area contributed by atoms with Crippen molar-refractivity contribution in [3.05, 3.63) is 53.2 Å². The first-order valence-corrected chi connectivity index (χ1v) is 6.29. The first kappa shape index (κ1) is 13.9. The largest absolute Gasteiger partial charge is 0.478 e. The molecule has 0 fully saturated rings. The molecule has 0 saturated heterocycles. The average Bonchev–Trinajstić information content (AvgIpc) is 2.41. The molecule has 0 aliphatic carbocycles. The number of nitrogens with zero attached hydrogens (tertiary/aromatic N) is 1. The number of nitrogens with one attached hydrogen (secondary N) is 1. The zero-order valence-electron chi connectivity index (χ0n) is 11.4. The van der Waals surface area contributed by atoms with Gasteiger partial charge in [-0.3, -0.25) is 0 Å². The van der Waals surface area contributed by atoms with Crippen molar-refractivity contribution in [3.63, 3.8) is 0 Å². The lowest BCUT2D eigenvalue weighted by molar-refractivity contribution is 0.0698. The monoisotopic (exact) mass is 271 g/mol. The molecule has 1 aromatic heterocycles. The Morgan fingerprint density at radius 1 is 1.35 bits per heavy atom. The van der Waals surface area contributed by atoms with Crippen LogP contribution in [-0.4, -0.2) is 16.1 Å². The molecule has 0 aliphatic rings. The summed E-state index contributed by atoms with van der Waals surface area (Å²) in [5.41, 5.74) is 8.09. The van der Waals surface area contributed by atoms with Gasteiger partial charge in [0.2, 0.25) is 0 Å². The number of nitrogens with two attached hydrogens (primary N) is 1. The summed E-state index contributed by atoms with van der Waals surface area (Å²) in [5.74, 6) is -0.569. The van der Waals surface area contributed by atoms with E-state index in [0.717, 1.165) is 5.56 Å². The third-order valence-electron chi connectivity index (χ3n) is 3.11. The van der Waals surface area contributed by atoms with E-state index >= 15 is 0 Å². The first-order valence-electron chi connectivity index (χ1n) is 6.29. The van der Waals surface area contributed by atoms with Gasteiger partial charge in [-0.15, -0.1) is 0 Å². The van der Waals surface area contributed by atoms with Gasteiger partial charge in [0.25, 0.3) is 0 Å². The van der Waals surface area contributed by atoms with Crippen LogP contribution in [0.3, 0.4) is 0 Å². The van der Waals surface area contributed by atoms with Crippen molar-refractivity contribution in [2.75, 3.05) is 11.1 Å². The molecule has 0 radical (unpaired) electrons. The van der Waals surface area contributed by atoms with Crippen molar-refractivity contribution >= 4 is 17.5 Å². The van der Waals surface area contributed by atoms with Crippen molar-refractivity contribution in [1.29, 1.82) is 0 Å². The van der Waals surface area contributed by atoms with Crippen LogP contribution in [0.25, 0.3) is 0 Å². The lowest BCUT2D eigenvalue weighted by atomic mass is 10.1. The van der Waals surface area contributed by atoms with E-state index in [0.29, 0.717) is 5.82 Å². The molecule has 20 heavy (non-hydrogen) atoms. The Labute approximate surface area is 117 Å². The number of rotatable bonds is 4. The van der Waals surface area contributed by atoms with Crippen molar-refractivity contribution in [3.8, 4) is 0 Å². The maximum Gasteiger partial charge on any atom is 0.337 e. The summed E-state index contributed by atoms with van der Waals surface area (Å²) >= 11 is 0. The smallest absolute Gasteiger partial charge is 0.337 e. The van der Waals surface area contributed by atoms with Gasteiger partial charge in [-0.2, -0.15) is 0 Å². The second kappa shape index (κ2) is 5.61. The van der Waals surface area contributed by atoms with Crippen LogP contribution >= 0.6 is 0 Å². The summed E-state index contributed by atoms with van der Waals surface area (Å²) in [6.45, 7) is 4.02. The van der Waals surface area contributed by atoms with Crippen molar-refractivity contribution in [1.82, 2.24) is 4.98 Å². The average molecular weight is 271 g/mol. The highest BCUT2D eigenvalue weighted by Crippen LogP contribution is 2.21. The highest BCUT2D eigenvalue weighted by atomic mass is 16.4. The van der Waals surface area contributed by atoms with Gasteiger partial charge in [0.15, 0.2) is 0 Å². The molecule has 1 aromatic carbocycles. The van der Waals surface area contributed by atoms with E-state index in [1.54, 1.807) is 0 Å². The van der Waals surface area contributed by atoms with Gasteiger partial charge in [0.1, 0.15) is 5.82 Å². The van der Waals surface area contributed by atoms with Crippen molar-refractivity contribution < 1.29 is 9.90 Å². The fraction of sp³-hybridized carbons (Fsp3) is 0.200. The van der Waals surface area contributed by atoms with Crippen molar-refractivity contribution in [2.45, 2.75) is 19.9 Å². The van der Waals surface area contributed by atoms with Crippen LogP contribution in [0.2, 0.25) is 0 Å². The number of nitrogen functional groups attached to an aromatic ring is 1. The SMILES string of the molecule is Cc1ccc(C(C)Nc2cc(C(=O)O)c(N)cn2)cc1. The van der Waals surface area contributed by atoms with Crippen LogP contribution < -0.4 is 11.1 Å². The zero-order valence-corrected chi connectivity index (χ0v) is 11.4. The highest BCUT2D eigenvalue weighted by molar-refractivity contribution is 5.94. The molecule has 4 N–H and O–H groups in total. The fourth-order valence-electron chi connectivity index (χ4n) is 1.89. The van der Waals surface area contributed by atoms with Gasteiger partial charge in [0.05, 0.1) is 17.4 Å². The number of pyridine rings is 1. The normalized spacial score (nSPS) is 11.9. The number of carboxylic acid groups (broad SMARTS) is 1. The van der Waals surface area contributed by atoms with Crippen LogP contribution in [0.1, 0.15) is 34.5 Å². The topological polar surface area (TPSA) is 88.2 Å². The standard InChI is InChI=1S/C15H17N3O2/c1-9-3-5-11(6-4-9)10(2)18-14-7-12(15(19)20)13(16)8-17-14/h3-8,10H,16H2,1-2H3,(H,17,18)(H,19,20). The van der Waals surface area contributed by atoms with E-state index in [4.69, 9.17) is 10.8 Å². The number of aryl methyl sites for hydroxylation is 1. The molecule has 0 bridgehead atoms. The summed E-state index contributed by atoms with van der Waals surface area (Å²) < 4.78 is 0. The molecule has 1 unspecified atom stereocenters. The molecular weight excluding hydrogens is 254 g/mol. The van der Waals surface area contributed by atoms with E-state index < -0.39 is 5.97 Å². The summed E-state index contributed by atoms with van der Waals surface area (Å²) in [4.78, 5) is 15.1. The molecule has 2 aromatic rings. The third kappa shape index (κ3) is 3.06. The van der Waals surface area contributed by atoms with Crippen LogP contribution in [-0.2, 0) is 0 Å². The Morgan fingerprint density at radius 2 is 2.00 bits per heavy atom. The lowest BCUT2D eigenvalue weighted by Gasteiger charge is -2.15. The molecule has 0 spiro atoms. The molecule has 5 nitrogen and oxygen atoms in total. The van der Waals surface area contributed by atoms with Gasteiger partial charge in [-0.05, 0) is 25.5 Å². The molecule has 104 valence electrons. The van der Waals surface area contributed by atoms with Gasteiger partial charge in [-0.1, -0.05) is 29.8 Å². The van der Waals surface area contributed by atoms with Gasteiger partial charge in [-0.25, -0.2) is 9.78 Å². The third-order valence-corrected chi connectivity index (χ3v) is 3.11. The molecule has 5 heteroatoms. The molecular formula is C15H17N3O2. The minimum Gasteiger partial charge on any atom is -0.478 e. The second-order valence-electron chi connectivity index (χ2n) is 4.74. The van der Waals surface area contributed by atoms with Crippen molar-refractivity contribution in [2.24, 2.45) is 0 Å². The Bertz CT molecular complexity index is 624. The molecule has 1 heterocycles. The zero-order chi connectivity index (χ0) is 14.7. The van der Waals surface area contributed by atoms with E-state index in [-0.39, 0.29) is 17.3 Å². The van der Waals surface area contributed by atoms with Crippen LogP contribution in [0.5, 0.6) is 0 Å². The lowest BCUT2D eigenvalue weighted by Crippen LogP contribution is -2.10. The number of anilines is 2. The number of hydrogen-bond acceptors (Lipinski definition) is 4. The number of hydrogen-bond donors (Lipinski definition) is 3. The van der Waals surface area contributed by atoms with E-state index in [1.165, 1.54) is 17.8 Å². The maximum absolute atomic E-state index is 11.0. The summed E-state index contributed by atoms with van der Waals surface area (Å²) in [6.07, 6.45) is 1.35. The maximum atomic E-state index is 11.0. The first-order chi connectivity index (χ1) is 9.47. The Balaban J connectivity index is 2.19. The van der Waals surface area contributed by atoms with Crippen LogP contribution in [0.15, 0.2) is 36.5 Å². The second-order valence-corrected chi connectivity index (χ2v) is 4.74. The Kier molecular flexibility index (Phi) is 3.89. The van der Waals surface area contributed by atoms with E-state index in [2.05, 4.69) is 10.3 Å².